The van der Waals surface area contributed by atoms with E-state index in [0.29, 0.717) is 0 Å². The molecule has 37 heavy (non-hydrogen) atoms. The zero-order valence-electron chi connectivity index (χ0n) is 20.3. The van der Waals surface area contributed by atoms with E-state index in [1.807, 2.05) is 0 Å². The number of hydrogen-bond acceptors (Lipinski definition) is 9. The van der Waals surface area contributed by atoms with Gasteiger partial charge in [-0.15, -0.1) is 0 Å². The first-order chi connectivity index (χ1) is 17.2. The maximum Gasteiger partial charge on any atom is 0.332 e. The summed E-state index contributed by atoms with van der Waals surface area (Å²) in [7, 11) is -4.36. The minimum absolute atomic E-state index is 0.0924. The van der Waals surface area contributed by atoms with Crippen molar-refractivity contribution in [3.05, 3.63) is 40.7 Å². The van der Waals surface area contributed by atoms with E-state index >= 15 is 0 Å². The molecule has 0 amide bonds. The Kier molecular flexibility index (Phi) is 8.52. The fourth-order valence-electron chi connectivity index (χ4n) is 4.29. The average Bonchev–Trinajstić information content (AvgIpc) is 3.11. The molecule has 1 saturated heterocycles. The van der Waals surface area contributed by atoms with Crippen LogP contribution in [0.3, 0.4) is 0 Å². The molecule has 11 nitrogen and oxygen atoms in total. The fraction of sp³-hybridized carbons (Fsp3) is 0.522. The van der Waals surface area contributed by atoms with Gasteiger partial charge in [0.15, 0.2) is 5.79 Å². The third kappa shape index (κ3) is 6.40. The third-order valence-corrected chi connectivity index (χ3v) is 8.20. The molecule has 0 saturated carbocycles. The van der Waals surface area contributed by atoms with E-state index < -0.39 is 62.1 Å². The van der Waals surface area contributed by atoms with Gasteiger partial charge in [0.2, 0.25) is 10.0 Å². The highest BCUT2D eigenvalue weighted by Crippen LogP contribution is 2.47. The molecule has 3 rings (SSSR count). The Bertz CT molecular complexity index is 1220. The van der Waals surface area contributed by atoms with Crippen LogP contribution in [-0.2, 0) is 43.4 Å². The van der Waals surface area contributed by atoms with E-state index in [-0.39, 0.29) is 43.2 Å². The lowest BCUT2D eigenvalue weighted by Gasteiger charge is -2.35. The van der Waals surface area contributed by atoms with Gasteiger partial charge in [0, 0.05) is 20.3 Å². The third-order valence-electron chi connectivity index (χ3n) is 6.14. The lowest BCUT2D eigenvalue weighted by Crippen LogP contribution is -2.47. The average molecular weight is 564 g/mol. The van der Waals surface area contributed by atoms with Crippen LogP contribution in [0.2, 0.25) is 5.02 Å². The van der Waals surface area contributed by atoms with E-state index in [0.717, 1.165) is 24.3 Å². The monoisotopic (exact) mass is 563 g/mol. The first kappa shape index (κ1) is 28.8. The zero-order valence-corrected chi connectivity index (χ0v) is 21.9. The quantitative estimate of drug-likeness (QED) is 0.428. The smallest absolute Gasteiger partial charge is 0.332 e. The molecular weight excluding hydrogens is 537 g/mol. The molecule has 4 atom stereocenters. The number of carbonyl (C=O) groups excluding carboxylic acids is 2. The molecule has 2 aliphatic rings. The van der Waals surface area contributed by atoms with Gasteiger partial charge in [0.05, 0.1) is 16.3 Å². The minimum atomic E-state index is -4.36. The highest BCUT2D eigenvalue weighted by Gasteiger charge is 2.59. The Morgan fingerprint density at radius 2 is 1.92 bits per heavy atom. The van der Waals surface area contributed by atoms with Gasteiger partial charge in [-0.2, -0.15) is 0 Å². The van der Waals surface area contributed by atoms with Gasteiger partial charge < -0.3 is 24.1 Å². The van der Waals surface area contributed by atoms with Crippen LogP contribution in [0.4, 0.5) is 10.1 Å². The first-order valence-electron chi connectivity index (χ1n) is 11.3. The predicted octanol–water partition coefficient (Wildman–Crippen LogP) is 2.78. The van der Waals surface area contributed by atoms with E-state index in [9.17, 15) is 32.3 Å². The normalized spacial score (nSPS) is 27.4. The van der Waals surface area contributed by atoms with Crippen molar-refractivity contribution in [3.63, 3.8) is 0 Å². The summed E-state index contributed by atoms with van der Waals surface area (Å²) in [4.78, 5) is 35.1. The van der Waals surface area contributed by atoms with Gasteiger partial charge in [-0.25, -0.2) is 17.6 Å². The van der Waals surface area contributed by atoms with Crippen LogP contribution in [0.15, 0.2) is 29.8 Å². The van der Waals surface area contributed by atoms with Crippen molar-refractivity contribution in [1.82, 2.24) is 0 Å². The predicted molar refractivity (Wildman–Crippen MR) is 128 cm³/mol. The van der Waals surface area contributed by atoms with Crippen LogP contribution in [-0.4, -0.2) is 67.4 Å². The van der Waals surface area contributed by atoms with Crippen molar-refractivity contribution in [1.29, 1.82) is 0 Å². The lowest BCUT2D eigenvalue weighted by molar-refractivity contribution is -0.179. The van der Waals surface area contributed by atoms with Gasteiger partial charge in [0.1, 0.15) is 36.0 Å². The number of ether oxygens (including phenoxy) is 4. The number of benzene rings is 1. The number of aliphatic carboxylic acids is 1. The zero-order chi connectivity index (χ0) is 27.6. The highest BCUT2D eigenvalue weighted by molar-refractivity contribution is 7.93. The maximum absolute atomic E-state index is 13.4. The molecule has 1 heterocycles. The van der Waals surface area contributed by atoms with Crippen LogP contribution >= 0.6 is 11.6 Å². The number of carboxylic acid groups (broad SMARTS) is 1. The minimum Gasteiger partial charge on any atom is -0.478 e. The number of esters is 2. The van der Waals surface area contributed by atoms with Crippen LogP contribution in [0.25, 0.3) is 0 Å². The van der Waals surface area contributed by atoms with Crippen molar-refractivity contribution in [2.75, 3.05) is 17.9 Å². The van der Waals surface area contributed by atoms with Gasteiger partial charge in [0.25, 0.3) is 0 Å². The number of carboxylic acids is 1. The molecule has 1 aromatic carbocycles. The SMILES string of the molecule is CC[C@]1(COC(C)=O)OC2(C=C(C(=O)O)C(S(=O)(=O)Nc3ccc(F)cc3Cl)CC2)O[C@@H]1COC(C)=O. The number of anilines is 1. The van der Waals surface area contributed by atoms with Crippen LogP contribution in [0.1, 0.15) is 40.0 Å². The Morgan fingerprint density at radius 1 is 1.24 bits per heavy atom. The summed E-state index contributed by atoms with van der Waals surface area (Å²) in [6.07, 6.45) is 0.0267. The molecule has 1 aliphatic heterocycles. The summed E-state index contributed by atoms with van der Waals surface area (Å²) in [6.45, 7) is 3.59. The Hall–Kier alpha value is -2.74. The molecule has 1 aromatic rings. The molecule has 2 N–H and O–H groups in total. The maximum atomic E-state index is 13.4. The summed E-state index contributed by atoms with van der Waals surface area (Å²) in [5.41, 5.74) is -1.94. The van der Waals surface area contributed by atoms with Crippen molar-refractivity contribution in [2.45, 2.75) is 62.8 Å². The van der Waals surface area contributed by atoms with Crippen molar-refractivity contribution >= 4 is 45.2 Å². The molecule has 1 spiro atoms. The van der Waals surface area contributed by atoms with Crippen LogP contribution < -0.4 is 4.72 Å². The molecule has 204 valence electrons. The first-order valence-corrected chi connectivity index (χ1v) is 13.2. The molecule has 0 aromatic heterocycles. The number of rotatable bonds is 9. The number of carbonyl (C=O) groups is 3. The molecule has 0 radical (unpaired) electrons. The van der Waals surface area contributed by atoms with Gasteiger partial charge in [-0.05, 0) is 37.1 Å². The van der Waals surface area contributed by atoms with Crippen molar-refractivity contribution < 1.29 is 51.2 Å². The number of hydrogen-bond donors (Lipinski definition) is 2. The van der Waals surface area contributed by atoms with Crippen LogP contribution in [0.5, 0.6) is 0 Å². The molecular formula is C23H27ClFNO10S. The summed E-state index contributed by atoms with van der Waals surface area (Å²) in [6, 6.07) is 3.04. The van der Waals surface area contributed by atoms with Crippen molar-refractivity contribution in [3.8, 4) is 0 Å². The summed E-state index contributed by atoms with van der Waals surface area (Å²) < 4.78 is 64.4. The van der Waals surface area contributed by atoms with Crippen LogP contribution in [0, 0.1) is 5.82 Å². The van der Waals surface area contributed by atoms with Gasteiger partial charge >= 0.3 is 17.9 Å². The summed E-state index contributed by atoms with van der Waals surface area (Å²) in [5, 5.41) is 8.16. The van der Waals surface area contributed by atoms with Crippen molar-refractivity contribution in [2.24, 2.45) is 0 Å². The standard InChI is InChI=1S/C23H27ClFNO10S/c1-4-22(12-34-14(3)28)20(11-33-13(2)27)35-23(36-22)8-7-19(16(10-23)21(29)30)37(31,32)26-18-6-5-15(25)9-17(18)24/h5-6,9-10,19-20,26H,4,7-8,11-12H2,1-3H3,(H,29,30)/t19?,20-,22-,23?/m1/s1. The Labute approximate surface area is 217 Å². The fourth-order valence-corrected chi connectivity index (χ4v) is 6.12. The molecule has 1 aliphatic carbocycles. The molecule has 2 unspecified atom stereocenters. The van der Waals surface area contributed by atoms with E-state index in [4.69, 9.17) is 30.5 Å². The van der Waals surface area contributed by atoms with E-state index in [2.05, 4.69) is 4.72 Å². The summed E-state index contributed by atoms with van der Waals surface area (Å²) in [5.74, 6) is -5.08. The second-order valence-corrected chi connectivity index (χ2v) is 11.0. The molecule has 0 bridgehead atoms. The Balaban J connectivity index is 1.96. The topological polar surface area (TPSA) is 155 Å². The van der Waals surface area contributed by atoms with E-state index in [1.165, 1.54) is 13.8 Å². The van der Waals surface area contributed by atoms with Gasteiger partial charge in [-0.1, -0.05) is 18.5 Å². The second kappa shape index (κ2) is 10.9. The van der Waals surface area contributed by atoms with Gasteiger partial charge in [-0.3, -0.25) is 14.3 Å². The largest absolute Gasteiger partial charge is 0.478 e. The molecule has 1 fully saturated rings. The number of sulfonamides is 1. The highest BCUT2D eigenvalue weighted by atomic mass is 35.5. The molecule has 14 heteroatoms. The second-order valence-electron chi connectivity index (χ2n) is 8.72. The number of nitrogens with one attached hydrogen (secondary N) is 1. The lowest BCUT2D eigenvalue weighted by atomic mass is 9.93. The Morgan fingerprint density at radius 3 is 2.49 bits per heavy atom. The summed E-state index contributed by atoms with van der Waals surface area (Å²) >= 11 is 5.93. The number of halogens is 2. The van der Waals surface area contributed by atoms with E-state index in [1.54, 1.807) is 6.92 Å².